The molecule has 2 aliphatic rings. The molecule has 2 saturated heterocycles. The molecule has 10 heteroatoms. The van der Waals surface area contributed by atoms with E-state index in [-0.39, 0.29) is 29.5 Å². The van der Waals surface area contributed by atoms with Crippen molar-refractivity contribution in [3.8, 4) is 5.95 Å². The normalized spacial score (nSPS) is 20.1. The standard InChI is InChI=1S/C23H22ClN7O2/c1-14-19(11-25-31(14)23-26-21(32)20-3-2-10-29(20)27-23)22(33)30-17-8-9-18(30)13-28(12-17)16-6-4-15(24)5-7-16/h2-7,10-11,17-18H,8-9,12-13H2,1H3,(H,26,27,32). The zero-order valence-corrected chi connectivity index (χ0v) is 18.7. The zero-order chi connectivity index (χ0) is 22.7. The zero-order valence-electron chi connectivity index (χ0n) is 18.0. The number of halogens is 1. The van der Waals surface area contributed by atoms with Crippen molar-refractivity contribution in [2.24, 2.45) is 0 Å². The topological polar surface area (TPSA) is 91.5 Å². The summed E-state index contributed by atoms with van der Waals surface area (Å²) in [6.07, 6.45) is 5.24. The third kappa shape index (κ3) is 3.22. The minimum atomic E-state index is -0.260. The molecule has 9 nitrogen and oxygen atoms in total. The molecule has 1 N–H and O–H groups in total. The van der Waals surface area contributed by atoms with Gasteiger partial charge in [0.05, 0.1) is 17.5 Å². The molecule has 0 saturated carbocycles. The molecule has 5 heterocycles. The van der Waals surface area contributed by atoms with Crippen LogP contribution in [0, 0.1) is 6.92 Å². The minimum Gasteiger partial charge on any atom is -0.367 e. The van der Waals surface area contributed by atoms with E-state index in [0.717, 1.165) is 36.6 Å². The van der Waals surface area contributed by atoms with Crippen molar-refractivity contribution in [3.63, 3.8) is 0 Å². The van der Waals surface area contributed by atoms with E-state index in [1.807, 2.05) is 36.1 Å². The first kappa shape index (κ1) is 20.0. The van der Waals surface area contributed by atoms with Gasteiger partial charge in [-0.1, -0.05) is 11.6 Å². The predicted molar refractivity (Wildman–Crippen MR) is 124 cm³/mol. The molecule has 0 aliphatic carbocycles. The lowest BCUT2D eigenvalue weighted by molar-refractivity contribution is 0.0641. The van der Waals surface area contributed by atoms with Crippen LogP contribution >= 0.6 is 11.6 Å². The summed E-state index contributed by atoms with van der Waals surface area (Å²) in [7, 11) is 0. The maximum absolute atomic E-state index is 13.6. The van der Waals surface area contributed by atoms with Gasteiger partial charge in [-0.25, -0.2) is 9.20 Å². The first-order chi connectivity index (χ1) is 16.0. The van der Waals surface area contributed by atoms with Gasteiger partial charge < -0.3 is 9.80 Å². The predicted octanol–water partition coefficient (Wildman–Crippen LogP) is 2.66. The molecule has 4 aromatic rings. The third-order valence-corrected chi connectivity index (χ3v) is 6.99. The number of fused-ring (bicyclic) bond motifs is 3. The van der Waals surface area contributed by atoms with Crippen molar-refractivity contribution in [1.29, 1.82) is 0 Å². The van der Waals surface area contributed by atoms with Crippen LogP contribution in [-0.4, -0.2) is 60.4 Å². The van der Waals surface area contributed by atoms with E-state index in [4.69, 9.17) is 11.6 Å². The Labute approximate surface area is 194 Å². The van der Waals surface area contributed by atoms with Crippen molar-refractivity contribution in [2.45, 2.75) is 31.8 Å². The maximum Gasteiger partial charge on any atom is 0.276 e. The molecule has 6 rings (SSSR count). The van der Waals surface area contributed by atoms with E-state index in [9.17, 15) is 9.59 Å². The lowest BCUT2D eigenvalue weighted by Gasteiger charge is -2.42. The van der Waals surface area contributed by atoms with Crippen LogP contribution in [0.2, 0.25) is 5.02 Å². The molecule has 168 valence electrons. The van der Waals surface area contributed by atoms with Crippen LogP contribution in [0.25, 0.3) is 11.5 Å². The van der Waals surface area contributed by atoms with E-state index in [0.29, 0.717) is 16.8 Å². The van der Waals surface area contributed by atoms with E-state index < -0.39 is 0 Å². The van der Waals surface area contributed by atoms with E-state index in [1.165, 1.54) is 9.20 Å². The van der Waals surface area contributed by atoms with Gasteiger partial charge in [-0.05, 0) is 56.2 Å². The molecule has 3 aromatic heterocycles. The molecule has 2 atom stereocenters. The van der Waals surface area contributed by atoms with Crippen LogP contribution in [-0.2, 0) is 0 Å². The largest absolute Gasteiger partial charge is 0.367 e. The molecule has 1 amide bonds. The Hall–Kier alpha value is -3.59. The number of anilines is 1. The summed E-state index contributed by atoms with van der Waals surface area (Å²) in [4.78, 5) is 33.0. The molecule has 2 unspecified atom stereocenters. The van der Waals surface area contributed by atoms with Crippen LogP contribution in [0.3, 0.4) is 0 Å². The van der Waals surface area contributed by atoms with Gasteiger partial charge in [0.25, 0.3) is 11.5 Å². The minimum absolute atomic E-state index is 0.0219. The quantitative estimate of drug-likeness (QED) is 0.504. The van der Waals surface area contributed by atoms with Crippen LogP contribution in [0.1, 0.15) is 28.9 Å². The van der Waals surface area contributed by atoms with Gasteiger partial charge in [-0.15, -0.1) is 5.10 Å². The molecule has 1 aromatic carbocycles. The Morgan fingerprint density at radius 3 is 2.58 bits per heavy atom. The van der Waals surface area contributed by atoms with Gasteiger partial charge in [0.15, 0.2) is 0 Å². The molecule has 33 heavy (non-hydrogen) atoms. The Morgan fingerprint density at radius 2 is 1.85 bits per heavy atom. The number of nitrogens with one attached hydrogen (secondary N) is 1. The van der Waals surface area contributed by atoms with Crippen molar-refractivity contribution in [2.75, 3.05) is 18.0 Å². The van der Waals surface area contributed by atoms with Crippen molar-refractivity contribution in [3.05, 3.63) is 75.4 Å². The number of H-pyrrole nitrogens is 1. The van der Waals surface area contributed by atoms with Crippen molar-refractivity contribution < 1.29 is 4.79 Å². The van der Waals surface area contributed by atoms with E-state index in [2.05, 4.69) is 20.1 Å². The highest BCUT2D eigenvalue weighted by molar-refractivity contribution is 6.30. The van der Waals surface area contributed by atoms with Gasteiger partial charge in [0.1, 0.15) is 5.52 Å². The summed E-state index contributed by atoms with van der Waals surface area (Å²) in [6, 6.07) is 11.6. The van der Waals surface area contributed by atoms with Crippen LogP contribution in [0.15, 0.2) is 53.6 Å². The number of amides is 1. The Morgan fingerprint density at radius 1 is 1.12 bits per heavy atom. The second-order valence-electron chi connectivity index (χ2n) is 8.65. The molecule has 2 aliphatic heterocycles. The third-order valence-electron chi connectivity index (χ3n) is 6.74. The van der Waals surface area contributed by atoms with Gasteiger partial charge in [0.2, 0.25) is 5.95 Å². The molecular formula is C23H22ClN7O2. The summed E-state index contributed by atoms with van der Waals surface area (Å²) >= 11 is 6.04. The number of carbonyl (C=O) groups is 1. The highest BCUT2D eigenvalue weighted by Gasteiger charge is 2.43. The lowest BCUT2D eigenvalue weighted by Crippen LogP contribution is -2.56. The van der Waals surface area contributed by atoms with Gasteiger partial charge in [-0.2, -0.15) is 5.10 Å². The molecule has 0 spiro atoms. The highest BCUT2D eigenvalue weighted by atomic mass is 35.5. The fraction of sp³-hybridized carbons (Fsp3) is 0.304. The van der Waals surface area contributed by atoms with E-state index >= 15 is 0 Å². The van der Waals surface area contributed by atoms with Crippen molar-refractivity contribution >= 4 is 28.7 Å². The van der Waals surface area contributed by atoms with Crippen LogP contribution in [0.5, 0.6) is 0 Å². The highest BCUT2D eigenvalue weighted by Crippen LogP contribution is 2.34. The van der Waals surface area contributed by atoms with Crippen molar-refractivity contribution in [1.82, 2.24) is 29.3 Å². The fourth-order valence-corrected chi connectivity index (χ4v) is 5.22. The van der Waals surface area contributed by atoms with Gasteiger partial charge >= 0.3 is 0 Å². The second kappa shape index (κ2) is 7.48. The Kier molecular flexibility index (Phi) is 4.55. The molecule has 2 fully saturated rings. The molecule has 0 radical (unpaired) electrons. The number of carbonyl (C=O) groups excluding carboxylic acids is 1. The van der Waals surface area contributed by atoms with Gasteiger partial charge in [-0.3, -0.25) is 14.6 Å². The molecule has 2 bridgehead atoms. The smallest absolute Gasteiger partial charge is 0.276 e. The number of aromatic nitrogens is 5. The maximum atomic E-state index is 13.6. The number of aromatic amines is 1. The fourth-order valence-electron chi connectivity index (χ4n) is 5.10. The second-order valence-corrected chi connectivity index (χ2v) is 9.09. The number of benzene rings is 1. The number of hydrogen-bond donors (Lipinski definition) is 1. The first-order valence-electron chi connectivity index (χ1n) is 11.0. The number of piperazine rings is 1. The van der Waals surface area contributed by atoms with Gasteiger partial charge in [0, 0.05) is 42.1 Å². The lowest BCUT2D eigenvalue weighted by atomic mass is 10.1. The Balaban J connectivity index is 1.28. The number of hydrogen-bond acceptors (Lipinski definition) is 5. The molecular weight excluding hydrogens is 442 g/mol. The van der Waals surface area contributed by atoms with Crippen LogP contribution < -0.4 is 10.5 Å². The Bertz CT molecular complexity index is 1410. The average molecular weight is 464 g/mol. The van der Waals surface area contributed by atoms with E-state index in [1.54, 1.807) is 24.5 Å². The summed E-state index contributed by atoms with van der Waals surface area (Å²) in [5.41, 5.74) is 2.50. The summed E-state index contributed by atoms with van der Waals surface area (Å²) in [5, 5.41) is 9.52. The summed E-state index contributed by atoms with van der Waals surface area (Å²) in [6.45, 7) is 3.40. The monoisotopic (exact) mass is 463 g/mol. The average Bonchev–Trinajstić information content (AvgIpc) is 3.50. The number of rotatable bonds is 3. The SMILES string of the molecule is Cc1c(C(=O)N2C3CCC2CN(c2ccc(Cl)cc2)C3)cnn1-c1nn2cccc2c(=O)[nH]1. The van der Waals surface area contributed by atoms with Crippen LogP contribution in [0.4, 0.5) is 5.69 Å². The summed E-state index contributed by atoms with van der Waals surface area (Å²) < 4.78 is 3.02. The first-order valence-corrected chi connectivity index (χ1v) is 11.3. The summed E-state index contributed by atoms with van der Waals surface area (Å²) in [5.74, 6) is 0.252. The number of nitrogens with zero attached hydrogens (tertiary/aromatic N) is 6.